The second-order valence-corrected chi connectivity index (χ2v) is 9.77. The summed E-state index contributed by atoms with van der Waals surface area (Å²) in [6, 6.07) is 14.8. The Morgan fingerprint density at radius 1 is 1.10 bits per heavy atom. The number of morpholine rings is 1. The molecule has 0 aromatic heterocycles. The molecule has 0 radical (unpaired) electrons. The molecule has 2 heterocycles. The third kappa shape index (κ3) is 4.42. The fraction of sp³-hybridized carbons (Fsp3) is 0.455. The molecular formula is C22H27NO5S. The van der Waals surface area contributed by atoms with Crippen LogP contribution in [0.1, 0.15) is 25.0 Å². The lowest BCUT2D eigenvalue weighted by molar-refractivity contribution is -0.0612. The third-order valence-electron chi connectivity index (χ3n) is 5.59. The highest BCUT2D eigenvalue weighted by Gasteiger charge is 2.45. The molecule has 2 aromatic rings. The van der Waals surface area contributed by atoms with Gasteiger partial charge in [-0.1, -0.05) is 44.2 Å². The summed E-state index contributed by atoms with van der Waals surface area (Å²) in [5.41, 5.74) is 1.64. The first-order valence-electron chi connectivity index (χ1n) is 9.94. The van der Waals surface area contributed by atoms with Gasteiger partial charge in [0.2, 0.25) is 0 Å². The standard InChI is InChI=1S/C22H27NO5S/c1-22(2)19-16-18(28-29(24,25)15-10-17-6-4-3-5-7-17)8-9-20(19)27-21(22)23-11-13-26-14-12-23/h3-9,16,21H,10-15H2,1-2H3. The zero-order valence-electron chi connectivity index (χ0n) is 16.8. The van der Waals surface area contributed by atoms with Gasteiger partial charge < -0.3 is 13.7 Å². The van der Waals surface area contributed by atoms with Crippen molar-refractivity contribution in [3.8, 4) is 11.5 Å². The molecule has 0 bridgehead atoms. The van der Waals surface area contributed by atoms with Crippen LogP contribution in [0.5, 0.6) is 11.5 Å². The summed E-state index contributed by atoms with van der Waals surface area (Å²) < 4.78 is 42.0. The van der Waals surface area contributed by atoms with Gasteiger partial charge in [-0.25, -0.2) is 0 Å². The predicted molar refractivity (Wildman–Crippen MR) is 111 cm³/mol. The molecule has 7 heteroatoms. The van der Waals surface area contributed by atoms with Gasteiger partial charge in [-0.2, -0.15) is 8.42 Å². The quantitative estimate of drug-likeness (QED) is 0.674. The van der Waals surface area contributed by atoms with Gasteiger partial charge in [0, 0.05) is 24.1 Å². The lowest BCUT2D eigenvalue weighted by Gasteiger charge is -2.38. The van der Waals surface area contributed by atoms with Crippen molar-refractivity contribution in [2.24, 2.45) is 0 Å². The highest BCUT2D eigenvalue weighted by atomic mass is 32.2. The predicted octanol–water partition coefficient (Wildman–Crippen LogP) is 2.97. The Hall–Kier alpha value is -2.09. The molecule has 0 aliphatic carbocycles. The Kier molecular flexibility index (Phi) is 5.55. The minimum atomic E-state index is -3.69. The van der Waals surface area contributed by atoms with E-state index in [1.165, 1.54) is 0 Å². The first-order valence-corrected chi connectivity index (χ1v) is 11.5. The summed E-state index contributed by atoms with van der Waals surface area (Å²) in [7, 11) is -3.69. The van der Waals surface area contributed by atoms with E-state index in [9.17, 15) is 8.42 Å². The van der Waals surface area contributed by atoms with E-state index in [-0.39, 0.29) is 17.4 Å². The summed E-state index contributed by atoms with van der Waals surface area (Å²) in [5.74, 6) is 1.04. The van der Waals surface area contributed by atoms with Gasteiger partial charge >= 0.3 is 10.1 Å². The molecule has 0 amide bonds. The van der Waals surface area contributed by atoms with Crippen molar-refractivity contribution in [1.82, 2.24) is 4.90 Å². The molecule has 2 aliphatic rings. The second-order valence-electron chi connectivity index (χ2n) is 8.08. The van der Waals surface area contributed by atoms with E-state index in [1.807, 2.05) is 30.3 Å². The summed E-state index contributed by atoms with van der Waals surface area (Å²) in [6.45, 7) is 7.26. The van der Waals surface area contributed by atoms with Gasteiger partial charge in [-0.15, -0.1) is 0 Å². The molecule has 0 saturated carbocycles. The van der Waals surface area contributed by atoms with Crippen LogP contribution in [0.4, 0.5) is 0 Å². The monoisotopic (exact) mass is 417 g/mol. The summed E-state index contributed by atoms with van der Waals surface area (Å²) in [4.78, 5) is 2.28. The molecular weight excluding hydrogens is 390 g/mol. The van der Waals surface area contributed by atoms with E-state index in [2.05, 4.69) is 18.7 Å². The van der Waals surface area contributed by atoms with Crippen molar-refractivity contribution in [3.05, 3.63) is 59.7 Å². The zero-order valence-corrected chi connectivity index (χ0v) is 17.7. The smallest absolute Gasteiger partial charge is 0.309 e. The van der Waals surface area contributed by atoms with Gasteiger partial charge in [-0.05, 0) is 30.2 Å². The van der Waals surface area contributed by atoms with E-state index >= 15 is 0 Å². The maximum atomic E-state index is 12.5. The molecule has 1 atom stereocenters. The maximum Gasteiger partial charge on any atom is 0.309 e. The SMILES string of the molecule is CC1(C)c2cc(OS(=O)(=O)CCc3ccccc3)ccc2OC1N1CCOCC1. The number of hydrogen-bond acceptors (Lipinski definition) is 6. The molecule has 2 aromatic carbocycles. The average molecular weight is 418 g/mol. The second kappa shape index (κ2) is 7.97. The van der Waals surface area contributed by atoms with Crippen molar-refractivity contribution in [2.75, 3.05) is 32.1 Å². The van der Waals surface area contributed by atoms with E-state index in [1.54, 1.807) is 18.2 Å². The largest absolute Gasteiger partial charge is 0.474 e. The van der Waals surface area contributed by atoms with Crippen LogP contribution >= 0.6 is 0 Å². The summed E-state index contributed by atoms with van der Waals surface area (Å²) in [5, 5.41) is 0. The normalized spacial score (nSPS) is 21.4. The van der Waals surface area contributed by atoms with Crippen LogP contribution in [0, 0.1) is 0 Å². The Morgan fingerprint density at radius 2 is 1.83 bits per heavy atom. The van der Waals surface area contributed by atoms with E-state index in [4.69, 9.17) is 13.7 Å². The van der Waals surface area contributed by atoms with Crippen LogP contribution in [-0.2, 0) is 26.7 Å². The Bertz CT molecular complexity index is 952. The van der Waals surface area contributed by atoms with Crippen LogP contribution in [0.25, 0.3) is 0 Å². The van der Waals surface area contributed by atoms with E-state index in [0.29, 0.717) is 25.4 Å². The van der Waals surface area contributed by atoms with Crippen molar-refractivity contribution in [1.29, 1.82) is 0 Å². The van der Waals surface area contributed by atoms with E-state index in [0.717, 1.165) is 30.0 Å². The van der Waals surface area contributed by atoms with Crippen LogP contribution in [0.15, 0.2) is 48.5 Å². The fourth-order valence-electron chi connectivity index (χ4n) is 3.99. The minimum absolute atomic E-state index is 0.0651. The van der Waals surface area contributed by atoms with Crippen molar-refractivity contribution in [2.45, 2.75) is 31.9 Å². The van der Waals surface area contributed by atoms with Gasteiger partial charge in [-0.3, -0.25) is 4.90 Å². The molecule has 29 heavy (non-hydrogen) atoms. The summed E-state index contributed by atoms with van der Waals surface area (Å²) in [6.07, 6.45) is 0.313. The molecule has 1 unspecified atom stereocenters. The first kappa shape index (κ1) is 20.2. The van der Waals surface area contributed by atoms with Gasteiger partial charge in [0.15, 0.2) is 6.23 Å². The Labute approximate surface area is 172 Å². The zero-order chi connectivity index (χ0) is 20.5. The van der Waals surface area contributed by atoms with E-state index < -0.39 is 10.1 Å². The van der Waals surface area contributed by atoms with Crippen molar-refractivity contribution >= 4 is 10.1 Å². The first-order chi connectivity index (χ1) is 13.9. The number of aryl methyl sites for hydroxylation is 1. The highest BCUT2D eigenvalue weighted by molar-refractivity contribution is 7.87. The average Bonchev–Trinajstić information content (AvgIpc) is 2.98. The van der Waals surface area contributed by atoms with Gasteiger partial charge in [0.1, 0.15) is 11.5 Å². The summed E-state index contributed by atoms with van der Waals surface area (Å²) >= 11 is 0. The number of rotatable bonds is 6. The molecule has 1 saturated heterocycles. The minimum Gasteiger partial charge on any atom is -0.474 e. The van der Waals surface area contributed by atoms with Crippen molar-refractivity contribution in [3.63, 3.8) is 0 Å². The van der Waals surface area contributed by atoms with Crippen LogP contribution in [0.2, 0.25) is 0 Å². The molecule has 0 spiro atoms. The fourth-order valence-corrected chi connectivity index (χ4v) is 4.95. The Balaban J connectivity index is 1.47. The Morgan fingerprint density at radius 3 is 2.55 bits per heavy atom. The number of nitrogens with zero attached hydrogens (tertiary/aromatic N) is 1. The lowest BCUT2D eigenvalue weighted by Crippen LogP contribution is -2.52. The molecule has 4 rings (SSSR count). The molecule has 6 nitrogen and oxygen atoms in total. The third-order valence-corrected chi connectivity index (χ3v) is 6.74. The van der Waals surface area contributed by atoms with Crippen LogP contribution in [-0.4, -0.2) is 51.6 Å². The highest BCUT2D eigenvalue weighted by Crippen LogP contribution is 2.45. The number of benzene rings is 2. The van der Waals surface area contributed by atoms with Crippen LogP contribution < -0.4 is 8.92 Å². The topological polar surface area (TPSA) is 65.1 Å². The number of hydrogen-bond donors (Lipinski definition) is 0. The molecule has 1 fully saturated rings. The van der Waals surface area contributed by atoms with Gasteiger partial charge in [0.05, 0.1) is 19.0 Å². The number of fused-ring (bicyclic) bond motifs is 1. The van der Waals surface area contributed by atoms with Crippen molar-refractivity contribution < 1.29 is 22.1 Å². The molecule has 156 valence electrons. The van der Waals surface area contributed by atoms with Gasteiger partial charge in [0.25, 0.3) is 0 Å². The maximum absolute atomic E-state index is 12.5. The molecule has 0 N–H and O–H groups in total. The van der Waals surface area contributed by atoms with Crippen LogP contribution in [0.3, 0.4) is 0 Å². The lowest BCUT2D eigenvalue weighted by atomic mass is 9.83. The number of ether oxygens (including phenoxy) is 2. The molecule has 2 aliphatic heterocycles.